The van der Waals surface area contributed by atoms with Gasteiger partial charge in [-0.25, -0.2) is 0 Å². The molecule has 25 heavy (non-hydrogen) atoms. The van der Waals surface area contributed by atoms with Gasteiger partial charge in [-0.15, -0.1) is 0 Å². The van der Waals surface area contributed by atoms with E-state index in [1.165, 1.54) is 0 Å². The van der Waals surface area contributed by atoms with Crippen molar-refractivity contribution in [1.29, 1.82) is 0 Å². The smallest absolute Gasteiger partial charge is 0.255 e. The van der Waals surface area contributed by atoms with E-state index >= 15 is 0 Å². The standard InChI is InChI=1S/C17H16N4O4/c22-16(20-13-2-1-7-18-10-13)12-5-3-11(4-6-12)9-19-17(23)14-8-15(14)21(24)25/h1-7,10,14-15H,8-9H2,(H,19,23)(H,20,22). The number of hydrogen-bond donors (Lipinski definition) is 2. The lowest BCUT2D eigenvalue weighted by Crippen LogP contribution is -2.26. The largest absolute Gasteiger partial charge is 0.352 e. The molecular weight excluding hydrogens is 324 g/mol. The lowest BCUT2D eigenvalue weighted by atomic mass is 10.1. The summed E-state index contributed by atoms with van der Waals surface area (Å²) in [5.41, 5.74) is 1.90. The molecule has 1 aromatic carbocycles. The van der Waals surface area contributed by atoms with E-state index in [4.69, 9.17) is 0 Å². The molecule has 0 bridgehead atoms. The van der Waals surface area contributed by atoms with Crippen LogP contribution in [0.2, 0.25) is 0 Å². The number of pyridine rings is 1. The summed E-state index contributed by atoms with van der Waals surface area (Å²) < 4.78 is 0. The number of carbonyl (C=O) groups is 2. The number of carbonyl (C=O) groups excluding carboxylic acids is 2. The van der Waals surface area contributed by atoms with Gasteiger partial charge in [-0.1, -0.05) is 12.1 Å². The maximum Gasteiger partial charge on any atom is 0.255 e. The lowest BCUT2D eigenvalue weighted by molar-refractivity contribution is -0.497. The van der Waals surface area contributed by atoms with E-state index in [-0.39, 0.29) is 18.4 Å². The quantitative estimate of drug-likeness (QED) is 0.612. The van der Waals surface area contributed by atoms with E-state index < -0.39 is 16.9 Å². The zero-order valence-corrected chi connectivity index (χ0v) is 13.2. The molecule has 2 unspecified atom stereocenters. The number of amides is 2. The summed E-state index contributed by atoms with van der Waals surface area (Å²) in [5, 5.41) is 16.0. The van der Waals surface area contributed by atoms with E-state index in [2.05, 4.69) is 15.6 Å². The van der Waals surface area contributed by atoms with E-state index in [1.807, 2.05) is 0 Å². The summed E-state index contributed by atoms with van der Waals surface area (Å²) >= 11 is 0. The van der Waals surface area contributed by atoms with Gasteiger partial charge in [0.05, 0.1) is 11.9 Å². The third kappa shape index (κ3) is 4.17. The van der Waals surface area contributed by atoms with Crippen LogP contribution in [0.15, 0.2) is 48.8 Å². The molecule has 1 aliphatic rings. The van der Waals surface area contributed by atoms with Crippen molar-refractivity contribution in [3.05, 3.63) is 70.0 Å². The van der Waals surface area contributed by atoms with Gasteiger partial charge in [-0.3, -0.25) is 24.7 Å². The maximum absolute atomic E-state index is 12.1. The van der Waals surface area contributed by atoms with Gasteiger partial charge in [0.1, 0.15) is 5.92 Å². The molecule has 1 fully saturated rings. The predicted molar refractivity (Wildman–Crippen MR) is 89.4 cm³/mol. The second kappa shape index (κ2) is 7.08. The number of nitrogens with zero attached hydrogens (tertiary/aromatic N) is 2. The third-order valence-corrected chi connectivity index (χ3v) is 3.97. The molecular formula is C17H16N4O4. The lowest BCUT2D eigenvalue weighted by Gasteiger charge is -2.07. The molecule has 2 amide bonds. The summed E-state index contributed by atoms with van der Waals surface area (Å²) in [4.78, 5) is 38.0. The average molecular weight is 340 g/mol. The zero-order chi connectivity index (χ0) is 17.8. The Kier molecular flexibility index (Phi) is 4.69. The highest BCUT2D eigenvalue weighted by Crippen LogP contribution is 2.33. The molecule has 128 valence electrons. The molecule has 0 saturated heterocycles. The first-order valence-corrected chi connectivity index (χ1v) is 7.76. The SMILES string of the molecule is O=C(Nc1cccnc1)c1ccc(CNC(=O)C2CC2[N+](=O)[O-])cc1. The van der Waals surface area contributed by atoms with Crippen LogP contribution in [0.25, 0.3) is 0 Å². The molecule has 1 aliphatic carbocycles. The minimum absolute atomic E-state index is 0.254. The van der Waals surface area contributed by atoms with Gasteiger partial charge in [0, 0.05) is 29.6 Å². The van der Waals surface area contributed by atoms with Crippen molar-refractivity contribution in [2.24, 2.45) is 5.92 Å². The highest BCUT2D eigenvalue weighted by molar-refractivity contribution is 6.04. The predicted octanol–water partition coefficient (Wildman–Crippen LogP) is 1.62. The van der Waals surface area contributed by atoms with Crippen molar-refractivity contribution in [2.75, 3.05) is 5.32 Å². The fourth-order valence-electron chi connectivity index (χ4n) is 2.43. The topological polar surface area (TPSA) is 114 Å². The number of nitrogens with one attached hydrogen (secondary N) is 2. The molecule has 1 heterocycles. The molecule has 2 aromatic rings. The molecule has 2 N–H and O–H groups in total. The van der Waals surface area contributed by atoms with Gasteiger partial charge >= 0.3 is 0 Å². The number of rotatable bonds is 6. The number of hydrogen-bond acceptors (Lipinski definition) is 5. The average Bonchev–Trinajstić information content (AvgIpc) is 3.42. The molecule has 8 nitrogen and oxygen atoms in total. The van der Waals surface area contributed by atoms with Crippen molar-refractivity contribution in [3.8, 4) is 0 Å². The monoisotopic (exact) mass is 340 g/mol. The van der Waals surface area contributed by atoms with Gasteiger partial charge in [0.25, 0.3) is 5.91 Å². The summed E-state index contributed by atoms with van der Waals surface area (Å²) in [6, 6.07) is 9.50. The van der Waals surface area contributed by atoms with Crippen molar-refractivity contribution >= 4 is 17.5 Å². The summed E-state index contributed by atoms with van der Waals surface area (Å²) in [7, 11) is 0. The molecule has 2 atom stereocenters. The van der Waals surface area contributed by atoms with Gasteiger partial charge < -0.3 is 10.6 Å². The number of aromatic nitrogens is 1. The first kappa shape index (κ1) is 16.6. The molecule has 0 radical (unpaired) electrons. The Morgan fingerprint density at radius 3 is 2.60 bits per heavy atom. The number of anilines is 1. The van der Waals surface area contributed by atoms with Crippen molar-refractivity contribution in [1.82, 2.24) is 10.3 Å². The van der Waals surface area contributed by atoms with Crippen LogP contribution in [0.4, 0.5) is 5.69 Å². The fourth-order valence-corrected chi connectivity index (χ4v) is 2.43. The van der Waals surface area contributed by atoms with Crippen LogP contribution in [0.3, 0.4) is 0 Å². The van der Waals surface area contributed by atoms with Crippen LogP contribution in [-0.4, -0.2) is 27.8 Å². The van der Waals surface area contributed by atoms with Crippen LogP contribution in [-0.2, 0) is 11.3 Å². The molecule has 3 rings (SSSR count). The first-order chi connectivity index (χ1) is 12.0. The van der Waals surface area contributed by atoms with E-state index in [0.29, 0.717) is 17.7 Å². The normalized spacial score (nSPS) is 18.2. The second-order valence-electron chi connectivity index (χ2n) is 5.81. The van der Waals surface area contributed by atoms with Crippen LogP contribution >= 0.6 is 0 Å². The third-order valence-electron chi connectivity index (χ3n) is 3.97. The fraction of sp³-hybridized carbons (Fsp3) is 0.235. The van der Waals surface area contributed by atoms with Crippen LogP contribution in [0.1, 0.15) is 22.3 Å². The summed E-state index contributed by atoms with van der Waals surface area (Å²) in [6.45, 7) is 0.268. The first-order valence-electron chi connectivity index (χ1n) is 7.76. The Hall–Kier alpha value is -3.29. The molecule has 0 spiro atoms. The van der Waals surface area contributed by atoms with Crippen LogP contribution < -0.4 is 10.6 Å². The minimum Gasteiger partial charge on any atom is -0.352 e. The Morgan fingerprint density at radius 1 is 1.24 bits per heavy atom. The van der Waals surface area contributed by atoms with Gasteiger partial charge in [-0.2, -0.15) is 0 Å². The van der Waals surface area contributed by atoms with E-state index in [1.54, 1.807) is 48.8 Å². The summed E-state index contributed by atoms with van der Waals surface area (Å²) in [5.74, 6) is -1.09. The molecule has 0 aliphatic heterocycles. The zero-order valence-electron chi connectivity index (χ0n) is 13.2. The highest BCUT2D eigenvalue weighted by atomic mass is 16.6. The van der Waals surface area contributed by atoms with Crippen LogP contribution in [0.5, 0.6) is 0 Å². The van der Waals surface area contributed by atoms with E-state index in [9.17, 15) is 19.7 Å². The molecule has 1 saturated carbocycles. The van der Waals surface area contributed by atoms with Gasteiger partial charge in [0.15, 0.2) is 0 Å². The maximum atomic E-state index is 12.1. The van der Waals surface area contributed by atoms with Gasteiger partial charge in [-0.05, 0) is 29.8 Å². The minimum atomic E-state index is -0.751. The summed E-state index contributed by atoms with van der Waals surface area (Å²) in [6.07, 6.45) is 3.47. The van der Waals surface area contributed by atoms with Crippen molar-refractivity contribution < 1.29 is 14.5 Å². The molecule has 1 aromatic heterocycles. The van der Waals surface area contributed by atoms with Crippen LogP contribution in [0, 0.1) is 16.0 Å². The molecule has 8 heteroatoms. The Balaban J connectivity index is 1.51. The Bertz CT molecular complexity index is 792. The van der Waals surface area contributed by atoms with Crippen molar-refractivity contribution in [3.63, 3.8) is 0 Å². The highest BCUT2D eigenvalue weighted by Gasteiger charge is 2.53. The number of benzene rings is 1. The van der Waals surface area contributed by atoms with Crippen molar-refractivity contribution in [2.45, 2.75) is 19.0 Å². The van der Waals surface area contributed by atoms with E-state index in [0.717, 1.165) is 5.56 Å². The number of nitro groups is 1. The Morgan fingerprint density at radius 2 is 2.00 bits per heavy atom. The second-order valence-corrected chi connectivity index (χ2v) is 5.81. The van der Waals surface area contributed by atoms with Gasteiger partial charge in [0.2, 0.25) is 11.9 Å². The Labute approximate surface area is 143 Å².